The van der Waals surface area contributed by atoms with E-state index in [0.717, 1.165) is 56.8 Å². The topological polar surface area (TPSA) is 27.7 Å². The summed E-state index contributed by atoms with van der Waals surface area (Å²) in [6.45, 7) is 15.1. The average molecular weight is 855 g/mol. The molecule has 6 heteroatoms. The third kappa shape index (κ3) is 8.07. The zero-order chi connectivity index (χ0) is 38.3. The van der Waals surface area contributed by atoms with Crippen LogP contribution in [0, 0.1) is 41.5 Å². The van der Waals surface area contributed by atoms with Gasteiger partial charge in [0.05, 0.1) is 27.5 Å². The first-order valence-corrected chi connectivity index (χ1v) is 24.6. The van der Waals surface area contributed by atoms with Crippen LogP contribution in [-0.4, -0.2) is 27.5 Å². The maximum absolute atomic E-state index is 5.67. The molecule has 0 aliphatic heterocycles. The van der Waals surface area contributed by atoms with Crippen LogP contribution in [0.4, 0.5) is 0 Å². The summed E-state index contributed by atoms with van der Waals surface area (Å²) in [6, 6.07) is 46.8. The summed E-state index contributed by atoms with van der Waals surface area (Å²) < 4.78 is 17.0. The van der Waals surface area contributed by atoms with Crippen molar-refractivity contribution in [1.82, 2.24) is 0 Å². The van der Waals surface area contributed by atoms with E-state index >= 15 is 0 Å². The van der Waals surface area contributed by atoms with Crippen LogP contribution in [0.15, 0.2) is 127 Å². The van der Waals surface area contributed by atoms with Gasteiger partial charge < -0.3 is 14.2 Å². The van der Waals surface area contributed by atoms with Crippen LogP contribution in [0.3, 0.4) is 0 Å². The van der Waals surface area contributed by atoms with Crippen LogP contribution in [0.1, 0.15) is 40.3 Å². The van der Waals surface area contributed by atoms with E-state index in [4.69, 9.17) is 14.2 Å². The maximum Gasteiger partial charge on any atom is 0.173 e. The van der Waals surface area contributed by atoms with Crippen molar-refractivity contribution in [2.24, 2.45) is 0 Å². The van der Waals surface area contributed by atoms with Crippen LogP contribution < -0.4 is 46.0 Å². The minimum Gasteiger partial charge on any atom is -0.496 e. The van der Waals surface area contributed by atoms with E-state index in [-0.39, 0.29) is 0 Å². The molecule has 0 aliphatic carbocycles. The van der Waals surface area contributed by atoms with Gasteiger partial charge in [0.1, 0.15) is 56.3 Å². The van der Waals surface area contributed by atoms with E-state index in [0.29, 0.717) is 0 Å². The first-order valence-electron chi connectivity index (χ1n) is 18.1. The molecule has 0 saturated heterocycles. The van der Waals surface area contributed by atoms with Gasteiger partial charge >= 0.3 is 0 Å². The molecular weight excluding hydrogens is 801 g/mol. The molecule has 0 N–H and O–H groups in total. The average Bonchev–Trinajstić information content (AvgIpc) is 3.16. The minimum absolute atomic E-state index is 0.959. The lowest BCUT2D eigenvalue weighted by Gasteiger charge is -2.26. The monoisotopic (exact) mass is 854 g/mol. The highest BCUT2D eigenvalue weighted by Crippen LogP contribution is 2.64. The van der Waals surface area contributed by atoms with Gasteiger partial charge in [0.15, 0.2) is 26.9 Å². The molecule has 0 fully saturated rings. The summed E-state index contributed by atoms with van der Waals surface area (Å²) in [7, 11) is 3.70. The fourth-order valence-corrected chi connectivity index (χ4v) is 17.4. The lowest BCUT2D eigenvalue weighted by Crippen LogP contribution is -2.32. The number of benzene rings is 6. The summed E-state index contributed by atoms with van der Waals surface area (Å²) in [5.74, 6) is 2.88. The minimum atomic E-state index is -1.98. The van der Waals surface area contributed by atoms with Gasteiger partial charge in [0, 0.05) is 0 Å². The second-order valence-electron chi connectivity index (χ2n) is 13.6. The van der Waals surface area contributed by atoms with Crippen molar-refractivity contribution in [2.75, 3.05) is 27.5 Å². The summed E-state index contributed by atoms with van der Waals surface area (Å²) in [5.41, 5.74) is 6.96. The predicted octanol–water partition coefficient (Wildman–Crippen LogP) is 10.2. The van der Waals surface area contributed by atoms with E-state index in [1.54, 1.807) is 21.3 Å². The summed E-state index contributed by atoms with van der Waals surface area (Å²) in [4.78, 5) is -1.98. The Labute approximate surface area is 332 Å². The van der Waals surface area contributed by atoms with E-state index in [1.165, 1.54) is 31.8 Å². The fraction of sp³-hybridized carbons (Fsp3) is 0.234. The van der Waals surface area contributed by atoms with Crippen molar-refractivity contribution in [3.63, 3.8) is 0 Å². The Hall–Kier alpha value is -3.69. The molecule has 0 bridgehead atoms. The van der Waals surface area contributed by atoms with Gasteiger partial charge in [0.2, 0.25) is 0 Å². The van der Waals surface area contributed by atoms with Gasteiger partial charge in [-0.05, 0) is 155 Å². The molecule has 0 aliphatic rings. The van der Waals surface area contributed by atoms with Crippen LogP contribution in [0.2, 0.25) is 0 Å². The highest BCUT2D eigenvalue weighted by molar-refractivity contribution is 14.2. The predicted molar refractivity (Wildman–Crippen MR) is 243 cm³/mol. The lowest BCUT2D eigenvalue weighted by molar-refractivity contribution is 0.408. The van der Waals surface area contributed by atoms with Gasteiger partial charge in [-0.25, -0.2) is 0 Å². The number of methoxy groups -OCH3 is 3. The molecule has 3 nitrogen and oxygen atoms in total. The largest absolute Gasteiger partial charge is 0.496 e. The van der Waals surface area contributed by atoms with Crippen molar-refractivity contribution in [3.8, 4) is 17.2 Å². The number of hydrogen-bond donors (Lipinski definition) is 0. The van der Waals surface area contributed by atoms with Crippen molar-refractivity contribution in [2.45, 2.75) is 48.5 Å². The third-order valence-electron chi connectivity index (χ3n) is 10.1. The first kappa shape index (κ1) is 40.5. The molecule has 0 saturated carbocycles. The molecular formula is C47H53IO3P2+2. The highest BCUT2D eigenvalue weighted by Gasteiger charge is 2.46. The zero-order valence-corrected chi connectivity index (χ0v) is 36.8. The van der Waals surface area contributed by atoms with Gasteiger partial charge in [0.25, 0.3) is 0 Å². The zero-order valence-electron chi connectivity index (χ0n) is 32.8. The molecule has 6 rings (SSSR count). The SMILES string of the molecule is CC[P+](c1ccccc1)(c1ccccc1)c1ccccc1.COc1c(C)cc([P+](I)(c2cc(C)c(OC)c(C)c2)c2cc(C)c(OC)c(C)c2)cc1C. The Morgan fingerprint density at radius 2 is 0.623 bits per heavy atom. The first-order chi connectivity index (χ1) is 25.5. The van der Waals surface area contributed by atoms with Crippen molar-refractivity contribution < 1.29 is 14.2 Å². The molecule has 0 atom stereocenters. The number of halogens is 1. The van der Waals surface area contributed by atoms with E-state index in [9.17, 15) is 0 Å². The number of rotatable bonds is 10. The van der Waals surface area contributed by atoms with Gasteiger partial charge in [-0.2, -0.15) is 0 Å². The molecule has 6 aromatic rings. The Morgan fingerprint density at radius 3 is 0.811 bits per heavy atom. The number of ether oxygens (including phenoxy) is 3. The molecule has 0 radical (unpaired) electrons. The third-order valence-corrected chi connectivity index (χ3v) is 22.5. The van der Waals surface area contributed by atoms with E-state index in [2.05, 4.69) is 198 Å². The summed E-state index contributed by atoms with van der Waals surface area (Å²) in [6.07, 6.45) is 1.14. The Kier molecular flexibility index (Phi) is 13.5. The Morgan fingerprint density at radius 1 is 0.396 bits per heavy atom. The normalized spacial score (nSPS) is 11.4. The maximum atomic E-state index is 5.67. The number of hydrogen-bond acceptors (Lipinski definition) is 3. The molecule has 0 spiro atoms. The van der Waals surface area contributed by atoms with Gasteiger partial charge in [-0.1, -0.05) is 54.6 Å². The quantitative estimate of drug-likeness (QED) is 0.102. The smallest absolute Gasteiger partial charge is 0.173 e. The van der Waals surface area contributed by atoms with E-state index in [1.807, 2.05) is 0 Å². The molecule has 6 aromatic carbocycles. The van der Waals surface area contributed by atoms with Gasteiger partial charge in [-0.15, -0.1) is 0 Å². The molecule has 0 heterocycles. The molecule has 0 unspecified atom stereocenters. The number of aryl methyl sites for hydroxylation is 6. The standard InChI is InChI=1S/C27H33IO3P.C20H20P/c1-16-10-22(11-17(2)25(16)29-7)32(28,23-12-18(3)26(30-8)19(4)13-23)24-14-20(5)27(31-9)21(6)15-24;1-2-21(18-12-6-3-7-13-18,19-14-8-4-9-15-19)20-16-10-5-11-17-20/h10-15H,1-9H3;3-17H,2H2,1H3/q2*+1. The second-order valence-corrected chi connectivity index (χ2v) is 24.4. The Bertz CT molecular complexity index is 1840. The van der Waals surface area contributed by atoms with Crippen LogP contribution >= 0.6 is 34.2 Å². The van der Waals surface area contributed by atoms with Crippen molar-refractivity contribution >= 4 is 66.0 Å². The molecule has 53 heavy (non-hydrogen) atoms. The van der Waals surface area contributed by atoms with Crippen LogP contribution in [0.5, 0.6) is 17.2 Å². The van der Waals surface area contributed by atoms with Crippen LogP contribution in [0.25, 0.3) is 0 Å². The van der Waals surface area contributed by atoms with Crippen molar-refractivity contribution in [3.05, 3.63) is 161 Å². The van der Waals surface area contributed by atoms with Gasteiger partial charge in [-0.3, -0.25) is 0 Å². The Balaban J connectivity index is 0.000000222. The molecule has 274 valence electrons. The fourth-order valence-electron chi connectivity index (χ4n) is 7.77. The van der Waals surface area contributed by atoms with Crippen LogP contribution in [-0.2, 0) is 0 Å². The highest BCUT2D eigenvalue weighted by atomic mass is 127. The van der Waals surface area contributed by atoms with Crippen molar-refractivity contribution in [1.29, 1.82) is 0 Å². The second kappa shape index (κ2) is 17.6. The molecule has 0 amide bonds. The lowest BCUT2D eigenvalue weighted by atomic mass is 10.1. The van der Waals surface area contributed by atoms with E-state index < -0.39 is 12.2 Å². The molecule has 0 aromatic heterocycles. The summed E-state index contributed by atoms with van der Waals surface area (Å²) >= 11 is 2.73. The summed E-state index contributed by atoms with van der Waals surface area (Å²) in [5, 5.41) is 8.39.